The first kappa shape index (κ1) is 19.5. The molecule has 0 unspecified atom stereocenters. The SMILES string of the molecule is Cc1nc2ccc(NC3Cc4ccccc4C3)cc2c(-c2ccccc2)c1-c1noc(=O)[nH]1. The molecule has 2 aromatic heterocycles. The Labute approximate surface area is 190 Å². The maximum Gasteiger partial charge on any atom is 0.439 e. The highest BCUT2D eigenvalue weighted by Gasteiger charge is 2.22. The van der Waals surface area contributed by atoms with Gasteiger partial charge in [-0.3, -0.25) is 14.5 Å². The normalized spacial score (nSPS) is 13.4. The Bertz CT molecular complexity index is 1510. The zero-order chi connectivity index (χ0) is 22.4. The summed E-state index contributed by atoms with van der Waals surface area (Å²) in [4.78, 5) is 19.2. The van der Waals surface area contributed by atoms with Gasteiger partial charge in [0.25, 0.3) is 0 Å². The highest BCUT2D eigenvalue weighted by Crippen LogP contribution is 2.39. The number of nitrogens with zero attached hydrogens (tertiary/aromatic N) is 2. The highest BCUT2D eigenvalue weighted by molar-refractivity contribution is 6.03. The molecule has 5 aromatic rings. The van der Waals surface area contributed by atoms with Crippen LogP contribution in [-0.2, 0) is 12.8 Å². The van der Waals surface area contributed by atoms with Gasteiger partial charge in [0.05, 0.1) is 11.1 Å². The van der Waals surface area contributed by atoms with Gasteiger partial charge in [-0.05, 0) is 54.7 Å². The van der Waals surface area contributed by atoms with Gasteiger partial charge in [-0.15, -0.1) is 0 Å². The van der Waals surface area contributed by atoms with Crippen molar-refractivity contribution in [3.63, 3.8) is 0 Å². The van der Waals surface area contributed by atoms with Gasteiger partial charge in [-0.25, -0.2) is 4.79 Å². The van der Waals surface area contributed by atoms with Crippen LogP contribution in [0.3, 0.4) is 0 Å². The van der Waals surface area contributed by atoms with Gasteiger partial charge < -0.3 is 5.32 Å². The van der Waals surface area contributed by atoms with Crippen LogP contribution in [0.1, 0.15) is 16.8 Å². The van der Waals surface area contributed by atoms with E-state index >= 15 is 0 Å². The summed E-state index contributed by atoms with van der Waals surface area (Å²) in [6, 6.07) is 25.4. The van der Waals surface area contributed by atoms with Crippen molar-refractivity contribution in [1.82, 2.24) is 15.1 Å². The zero-order valence-electron chi connectivity index (χ0n) is 18.1. The predicted octanol–water partition coefficient (Wildman–Crippen LogP) is 5.13. The smallest absolute Gasteiger partial charge is 0.382 e. The number of aryl methyl sites for hydroxylation is 1. The molecule has 33 heavy (non-hydrogen) atoms. The van der Waals surface area contributed by atoms with E-state index in [1.54, 1.807) is 0 Å². The first-order valence-corrected chi connectivity index (χ1v) is 11.0. The molecule has 6 heteroatoms. The fourth-order valence-electron chi connectivity index (χ4n) is 4.90. The average molecular weight is 434 g/mol. The van der Waals surface area contributed by atoms with Gasteiger partial charge >= 0.3 is 5.76 Å². The Morgan fingerprint density at radius 3 is 2.36 bits per heavy atom. The highest BCUT2D eigenvalue weighted by atomic mass is 16.5. The maximum atomic E-state index is 11.7. The molecule has 0 atom stereocenters. The van der Waals surface area contributed by atoms with Crippen molar-refractivity contribution in [2.24, 2.45) is 0 Å². The van der Waals surface area contributed by atoms with Crippen LogP contribution in [0.5, 0.6) is 0 Å². The molecular weight excluding hydrogens is 412 g/mol. The van der Waals surface area contributed by atoms with Crippen LogP contribution in [0.2, 0.25) is 0 Å². The summed E-state index contributed by atoms with van der Waals surface area (Å²) in [6.45, 7) is 1.93. The van der Waals surface area contributed by atoms with Gasteiger partial charge in [0.1, 0.15) is 0 Å². The first-order chi connectivity index (χ1) is 16.2. The molecule has 3 aromatic carbocycles. The minimum absolute atomic E-state index is 0.352. The maximum absolute atomic E-state index is 11.7. The minimum atomic E-state index is -0.584. The van der Waals surface area contributed by atoms with E-state index in [4.69, 9.17) is 9.51 Å². The van der Waals surface area contributed by atoms with E-state index in [0.717, 1.165) is 51.8 Å². The van der Waals surface area contributed by atoms with E-state index in [-0.39, 0.29) is 0 Å². The van der Waals surface area contributed by atoms with Gasteiger partial charge in [-0.2, -0.15) is 0 Å². The third-order valence-electron chi connectivity index (χ3n) is 6.33. The molecule has 0 bridgehead atoms. The van der Waals surface area contributed by atoms with Crippen LogP contribution in [-0.4, -0.2) is 21.2 Å². The standard InChI is InChI=1S/C27H22N4O2/c1-16-24(26-30-27(32)33-31-26)25(17-7-3-2-4-8-17)22-15-20(11-12-23(22)28-16)29-21-13-18-9-5-6-10-19(18)14-21/h2-12,15,21,29H,13-14H2,1H3,(H,30,31,32). The molecule has 0 fully saturated rings. The van der Waals surface area contributed by atoms with Crippen molar-refractivity contribution in [2.45, 2.75) is 25.8 Å². The number of rotatable bonds is 4. The summed E-state index contributed by atoms with van der Waals surface area (Å²) >= 11 is 0. The summed E-state index contributed by atoms with van der Waals surface area (Å²) in [7, 11) is 0. The molecule has 0 amide bonds. The third kappa shape index (κ3) is 3.49. The minimum Gasteiger partial charge on any atom is -0.382 e. The fourth-order valence-corrected chi connectivity index (χ4v) is 4.90. The summed E-state index contributed by atoms with van der Waals surface area (Å²) in [5.74, 6) is -0.199. The average Bonchev–Trinajstić information content (AvgIpc) is 3.44. The second-order valence-corrected chi connectivity index (χ2v) is 8.51. The molecule has 2 heterocycles. The van der Waals surface area contributed by atoms with Crippen molar-refractivity contribution in [1.29, 1.82) is 0 Å². The second-order valence-electron chi connectivity index (χ2n) is 8.51. The molecular formula is C27H22N4O2. The Hall–Kier alpha value is -4.19. The first-order valence-electron chi connectivity index (χ1n) is 11.0. The van der Waals surface area contributed by atoms with Crippen LogP contribution in [0.15, 0.2) is 82.1 Å². The van der Waals surface area contributed by atoms with Crippen LogP contribution < -0.4 is 11.1 Å². The van der Waals surface area contributed by atoms with Gasteiger partial charge in [0, 0.05) is 28.4 Å². The van der Waals surface area contributed by atoms with Crippen molar-refractivity contribution in [3.8, 4) is 22.5 Å². The molecule has 1 aliphatic carbocycles. The molecule has 2 N–H and O–H groups in total. The lowest BCUT2D eigenvalue weighted by Gasteiger charge is -2.17. The van der Waals surface area contributed by atoms with Crippen molar-refractivity contribution < 1.29 is 4.52 Å². The Balaban J connectivity index is 1.49. The van der Waals surface area contributed by atoms with Gasteiger partial charge in [-0.1, -0.05) is 59.8 Å². The molecule has 0 spiro atoms. The molecule has 0 aliphatic heterocycles. The Morgan fingerprint density at radius 1 is 0.939 bits per heavy atom. The summed E-state index contributed by atoms with van der Waals surface area (Å²) in [5.41, 5.74) is 8.30. The molecule has 0 saturated heterocycles. The predicted molar refractivity (Wildman–Crippen MR) is 129 cm³/mol. The van der Waals surface area contributed by atoms with E-state index in [2.05, 4.69) is 70.1 Å². The van der Waals surface area contributed by atoms with E-state index < -0.39 is 5.76 Å². The fraction of sp³-hybridized carbons (Fsp3) is 0.148. The summed E-state index contributed by atoms with van der Waals surface area (Å²) < 4.78 is 4.82. The topological polar surface area (TPSA) is 83.8 Å². The number of pyridine rings is 1. The molecule has 6 rings (SSSR count). The van der Waals surface area contributed by atoms with Crippen molar-refractivity contribution >= 4 is 16.6 Å². The van der Waals surface area contributed by atoms with E-state index in [9.17, 15) is 4.79 Å². The van der Waals surface area contributed by atoms with E-state index in [1.165, 1.54) is 11.1 Å². The number of aromatic nitrogens is 3. The number of hydrogen-bond donors (Lipinski definition) is 2. The third-order valence-corrected chi connectivity index (χ3v) is 6.33. The number of anilines is 1. The summed E-state index contributed by atoms with van der Waals surface area (Å²) in [5, 5.41) is 8.68. The molecule has 0 radical (unpaired) electrons. The Morgan fingerprint density at radius 2 is 1.67 bits per heavy atom. The van der Waals surface area contributed by atoms with Crippen molar-refractivity contribution in [2.75, 3.05) is 5.32 Å². The number of aromatic amines is 1. The molecule has 0 saturated carbocycles. The lowest BCUT2D eigenvalue weighted by atomic mass is 9.93. The number of nitrogens with one attached hydrogen (secondary N) is 2. The van der Waals surface area contributed by atoms with Crippen LogP contribution in [0.25, 0.3) is 33.4 Å². The molecule has 1 aliphatic rings. The van der Waals surface area contributed by atoms with E-state index in [0.29, 0.717) is 11.9 Å². The van der Waals surface area contributed by atoms with Crippen LogP contribution in [0.4, 0.5) is 5.69 Å². The monoisotopic (exact) mass is 434 g/mol. The molecule has 162 valence electrons. The number of benzene rings is 3. The number of hydrogen-bond acceptors (Lipinski definition) is 5. The largest absolute Gasteiger partial charge is 0.439 e. The van der Waals surface area contributed by atoms with Crippen molar-refractivity contribution in [3.05, 3.63) is 100 Å². The van der Waals surface area contributed by atoms with E-state index in [1.807, 2.05) is 25.1 Å². The number of fused-ring (bicyclic) bond motifs is 2. The zero-order valence-corrected chi connectivity index (χ0v) is 18.1. The van der Waals surface area contributed by atoms with Gasteiger partial charge in [0.2, 0.25) is 0 Å². The van der Waals surface area contributed by atoms with Crippen LogP contribution >= 0.6 is 0 Å². The number of H-pyrrole nitrogens is 1. The summed E-state index contributed by atoms with van der Waals surface area (Å²) in [6.07, 6.45) is 2.02. The lowest BCUT2D eigenvalue weighted by Crippen LogP contribution is -2.19. The van der Waals surface area contributed by atoms with Crippen LogP contribution in [0, 0.1) is 6.92 Å². The Kier molecular flexibility index (Phi) is 4.57. The second kappa shape index (κ2) is 7.74. The quantitative estimate of drug-likeness (QED) is 0.410. The lowest BCUT2D eigenvalue weighted by molar-refractivity contribution is 0.388. The molecule has 6 nitrogen and oxygen atoms in total. The van der Waals surface area contributed by atoms with Gasteiger partial charge in [0.15, 0.2) is 5.82 Å².